The third-order valence-electron chi connectivity index (χ3n) is 5.07. The summed E-state index contributed by atoms with van der Waals surface area (Å²) in [6.45, 7) is 2.38. The van der Waals surface area contributed by atoms with Gasteiger partial charge in [0.25, 0.3) is 5.91 Å². The minimum Gasteiger partial charge on any atom is -0.354 e. The third kappa shape index (κ3) is 4.74. The predicted octanol–water partition coefficient (Wildman–Crippen LogP) is 2.73. The molecule has 2 fully saturated rings. The first-order chi connectivity index (χ1) is 13.0. The van der Waals surface area contributed by atoms with Gasteiger partial charge in [-0.3, -0.25) is 14.4 Å². The number of benzene rings is 1. The van der Waals surface area contributed by atoms with Gasteiger partial charge in [-0.2, -0.15) is 0 Å². The van der Waals surface area contributed by atoms with E-state index in [4.69, 9.17) is 23.2 Å². The first-order valence-electron chi connectivity index (χ1n) is 9.29. The van der Waals surface area contributed by atoms with E-state index in [1.54, 1.807) is 12.1 Å². The van der Waals surface area contributed by atoms with Crippen molar-refractivity contribution < 1.29 is 14.4 Å². The van der Waals surface area contributed by atoms with Gasteiger partial charge in [0.15, 0.2) is 0 Å². The average molecular weight is 412 g/mol. The molecule has 146 valence electrons. The van der Waals surface area contributed by atoms with Gasteiger partial charge in [-0.1, -0.05) is 23.2 Å². The molecule has 1 N–H and O–H groups in total. The van der Waals surface area contributed by atoms with E-state index in [9.17, 15) is 14.4 Å². The molecule has 27 heavy (non-hydrogen) atoms. The Labute approximate surface area is 168 Å². The molecule has 0 spiro atoms. The summed E-state index contributed by atoms with van der Waals surface area (Å²) in [5, 5.41) is 3.53. The molecule has 0 saturated carbocycles. The highest BCUT2D eigenvalue weighted by molar-refractivity contribution is 6.35. The predicted molar refractivity (Wildman–Crippen MR) is 104 cm³/mol. The van der Waals surface area contributed by atoms with Crippen LogP contribution < -0.4 is 5.32 Å². The molecule has 3 rings (SSSR count). The number of carbonyl (C=O) groups is 3. The highest BCUT2D eigenvalue weighted by Gasteiger charge is 2.35. The molecule has 2 aliphatic heterocycles. The Kier molecular flexibility index (Phi) is 6.60. The van der Waals surface area contributed by atoms with Crippen molar-refractivity contribution in [2.24, 2.45) is 0 Å². The maximum absolute atomic E-state index is 12.8. The monoisotopic (exact) mass is 411 g/mol. The smallest absolute Gasteiger partial charge is 0.256 e. The number of nitrogens with zero attached hydrogens (tertiary/aromatic N) is 2. The number of amides is 3. The molecule has 2 aliphatic rings. The molecule has 0 unspecified atom stereocenters. The Morgan fingerprint density at radius 1 is 1.07 bits per heavy atom. The molecule has 3 amide bonds. The van der Waals surface area contributed by atoms with E-state index in [1.807, 2.05) is 4.90 Å². The fourth-order valence-corrected chi connectivity index (χ4v) is 4.00. The van der Waals surface area contributed by atoms with Crippen molar-refractivity contribution in [1.82, 2.24) is 15.1 Å². The van der Waals surface area contributed by atoms with Crippen LogP contribution in [0, 0.1) is 0 Å². The molecule has 2 saturated heterocycles. The molecule has 0 radical (unpaired) electrons. The van der Waals surface area contributed by atoms with Crippen molar-refractivity contribution in [3.63, 3.8) is 0 Å². The third-order valence-corrected chi connectivity index (χ3v) is 5.64. The van der Waals surface area contributed by atoms with Gasteiger partial charge in [0.2, 0.25) is 11.8 Å². The highest BCUT2D eigenvalue weighted by Crippen LogP contribution is 2.26. The van der Waals surface area contributed by atoms with Crippen LogP contribution in [0.2, 0.25) is 10.0 Å². The van der Waals surface area contributed by atoms with E-state index in [2.05, 4.69) is 5.32 Å². The molecule has 1 aromatic carbocycles. The summed E-state index contributed by atoms with van der Waals surface area (Å²) in [4.78, 5) is 40.8. The summed E-state index contributed by atoms with van der Waals surface area (Å²) >= 11 is 12.1. The van der Waals surface area contributed by atoms with Gasteiger partial charge in [0.05, 0.1) is 10.6 Å². The standard InChI is InChI=1S/C19H23Cl2N3O3/c20-13-5-6-15(21)14(12-13)19(27)24-11-3-4-16(24)18(26)22-8-7-17(25)23-9-1-2-10-23/h5-6,12,16H,1-4,7-11H2,(H,22,26)/t16-/m0/s1. The van der Waals surface area contributed by atoms with Crippen molar-refractivity contribution in [2.75, 3.05) is 26.2 Å². The fourth-order valence-electron chi connectivity index (χ4n) is 3.63. The van der Waals surface area contributed by atoms with Crippen LogP contribution in [0.1, 0.15) is 42.5 Å². The largest absolute Gasteiger partial charge is 0.354 e. The maximum Gasteiger partial charge on any atom is 0.256 e. The summed E-state index contributed by atoms with van der Waals surface area (Å²) in [5.41, 5.74) is 0.299. The van der Waals surface area contributed by atoms with Crippen molar-refractivity contribution in [1.29, 1.82) is 0 Å². The van der Waals surface area contributed by atoms with Gasteiger partial charge in [0.1, 0.15) is 6.04 Å². The maximum atomic E-state index is 12.8. The summed E-state index contributed by atoms with van der Waals surface area (Å²) in [6.07, 6.45) is 3.71. The molecule has 6 nitrogen and oxygen atoms in total. The van der Waals surface area contributed by atoms with Crippen LogP contribution in [0.3, 0.4) is 0 Å². The molecule has 2 heterocycles. The summed E-state index contributed by atoms with van der Waals surface area (Å²) in [6, 6.07) is 4.17. The minimum atomic E-state index is -0.547. The summed E-state index contributed by atoms with van der Waals surface area (Å²) < 4.78 is 0. The van der Waals surface area contributed by atoms with Crippen LogP contribution >= 0.6 is 23.2 Å². The van der Waals surface area contributed by atoms with E-state index in [-0.39, 0.29) is 30.7 Å². The van der Waals surface area contributed by atoms with Crippen LogP contribution in [0.25, 0.3) is 0 Å². The van der Waals surface area contributed by atoms with Crippen LogP contribution in [0.15, 0.2) is 18.2 Å². The van der Waals surface area contributed by atoms with Gasteiger partial charge >= 0.3 is 0 Å². The first-order valence-corrected chi connectivity index (χ1v) is 10.0. The molecule has 8 heteroatoms. The van der Waals surface area contributed by atoms with E-state index in [0.29, 0.717) is 28.6 Å². The number of hydrogen-bond acceptors (Lipinski definition) is 3. The number of rotatable bonds is 5. The molecule has 0 bridgehead atoms. The lowest BCUT2D eigenvalue weighted by Crippen LogP contribution is -2.46. The summed E-state index contributed by atoms with van der Waals surface area (Å²) in [7, 11) is 0. The molecule has 0 aromatic heterocycles. The van der Waals surface area contributed by atoms with Gasteiger partial charge in [-0.25, -0.2) is 0 Å². The lowest BCUT2D eigenvalue weighted by atomic mass is 10.1. The fraction of sp³-hybridized carbons (Fsp3) is 0.526. The zero-order valence-electron chi connectivity index (χ0n) is 15.0. The van der Waals surface area contributed by atoms with Crippen molar-refractivity contribution in [3.8, 4) is 0 Å². The zero-order valence-corrected chi connectivity index (χ0v) is 16.6. The second-order valence-corrected chi connectivity index (χ2v) is 7.75. The average Bonchev–Trinajstić information content (AvgIpc) is 3.34. The highest BCUT2D eigenvalue weighted by atomic mass is 35.5. The van der Waals surface area contributed by atoms with E-state index in [1.165, 1.54) is 11.0 Å². The molecule has 0 aliphatic carbocycles. The topological polar surface area (TPSA) is 69.7 Å². The Balaban J connectivity index is 1.56. The number of carbonyl (C=O) groups excluding carboxylic acids is 3. The zero-order chi connectivity index (χ0) is 19.4. The van der Waals surface area contributed by atoms with Gasteiger partial charge in [-0.05, 0) is 43.9 Å². The van der Waals surface area contributed by atoms with Crippen molar-refractivity contribution in [3.05, 3.63) is 33.8 Å². The van der Waals surface area contributed by atoms with Crippen LogP contribution in [-0.2, 0) is 9.59 Å². The lowest BCUT2D eigenvalue weighted by molar-refractivity contribution is -0.130. The SMILES string of the molecule is O=C(NCCC(=O)N1CCCC1)[C@@H]1CCCN1C(=O)c1cc(Cl)ccc1Cl. The second-order valence-electron chi connectivity index (χ2n) is 6.91. The lowest BCUT2D eigenvalue weighted by Gasteiger charge is -2.24. The van der Waals surface area contributed by atoms with Crippen LogP contribution in [0.5, 0.6) is 0 Å². The molecular formula is C19H23Cl2N3O3. The van der Waals surface area contributed by atoms with Gasteiger partial charge < -0.3 is 15.1 Å². The number of hydrogen-bond donors (Lipinski definition) is 1. The van der Waals surface area contributed by atoms with E-state index in [0.717, 1.165) is 32.4 Å². The Hall–Kier alpha value is -1.79. The van der Waals surface area contributed by atoms with Gasteiger partial charge in [0, 0.05) is 37.6 Å². The normalized spacial score (nSPS) is 19.4. The number of nitrogens with one attached hydrogen (secondary N) is 1. The van der Waals surface area contributed by atoms with E-state index >= 15 is 0 Å². The quantitative estimate of drug-likeness (QED) is 0.809. The molecular weight excluding hydrogens is 389 g/mol. The minimum absolute atomic E-state index is 0.0675. The Morgan fingerprint density at radius 3 is 2.56 bits per heavy atom. The van der Waals surface area contributed by atoms with Crippen molar-refractivity contribution in [2.45, 2.75) is 38.1 Å². The van der Waals surface area contributed by atoms with E-state index < -0.39 is 6.04 Å². The Bertz CT molecular complexity index is 735. The van der Waals surface area contributed by atoms with Gasteiger partial charge in [-0.15, -0.1) is 0 Å². The van der Waals surface area contributed by atoms with Crippen LogP contribution in [0.4, 0.5) is 0 Å². The number of halogens is 2. The molecule has 1 aromatic rings. The summed E-state index contributed by atoms with van der Waals surface area (Å²) in [5.74, 6) is -0.459. The molecule has 1 atom stereocenters. The van der Waals surface area contributed by atoms with Crippen molar-refractivity contribution >= 4 is 40.9 Å². The number of likely N-dealkylation sites (tertiary alicyclic amines) is 2. The Morgan fingerprint density at radius 2 is 1.81 bits per heavy atom. The first kappa shape index (κ1) is 20.0. The van der Waals surface area contributed by atoms with Crippen LogP contribution in [-0.4, -0.2) is 59.7 Å². The second kappa shape index (κ2) is 8.93.